The Labute approximate surface area is 117 Å². The molecule has 20 heavy (non-hydrogen) atoms. The van der Waals surface area contributed by atoms with Gasteiger partial charge in [-0.3, -0.25) is 9.40 Å². The fraction of sp³-hybridized carbons (Fsp3) is 0.308. The molecule has 6 nitrogen and oxygen atoms in total. The van der Waals surface area contributed by atoms with Gasteiger partial charge in [-0.05, 0) is 26.0 Å². The topological polar surface area (TPSA) is 75.3 Å². The zero-order valence-electron chi connectivity index (χ0n) is 11.3. The van der Waals surface area contributed by atoms with E-state index in [1.165, 1.54) is 4.31 Å². The maximum Gasteiger partial charge on any atom is 0.268 e. The Balaban J connectivity index is 2.15. The number of aryl methyl sites for hydroxylation is 2. The highest BCUT2D eigenvalue weighted by atomic mass is 32.2. The van der Waals surface area contributed by atoms with Crippen LogP contribution in [0.5, 0.6) is 5.75 Å². The Hall–Kier alpha value is -2.02. The summed E-state index contributed by atoms with van der Waals surface area (Å²) in [6.45, 7) is 4.03. The second-order valence-electron chi connectivity index (χ2n) is 4.66. The molecular formula is C13H15N3O3S. The predicted molar refractivity (Wildman–Crippen MR) is 74.5 cm³/mol. The zero-order chi connectivity index (χ0) is 14.3. The third kappa shape index (κ3) is 1.85. The molecule has 106 valence electrons. The lowest BCUT2D eigenvalue weighted by Gasteiger charge is -2.30. The number of para-hydroxylation sites is 2. The van der Waals surface area contributed by atoms with Gasteiger partial charge in [-0.15, -0.1) is 0 Å². The highest BCUT2D eigenvalue weighted by Crippen LogP contribution is 2.35. The number of sulfonamides is 1. The summed E-state index contributed by atoms with van der Waals surface area (Å²) < 4.78 is 32.6. The third-order valence-electron chi connectivity index (χ3n) is 3.29. The molecule has 0 unspecified atom stereocenters. The number of H-pyrrole nitrogens is 1. The lowest BCUT2D eigenvalue weighted by atomic mass is 10.2. The van der Waals surface area contributed by atoms with Gasteiger partial charge in [0.15, 0.2) is 0 Å². The van der Waals surface area contributed by atoms with Crippen molar-refractivity contribution in [1.29, 1.82) is 0 Å². The van der Waals surface area contributed by atoms with Gasteiger partial charge in [0.1, 0.15) is 17.3 Å². The molecule has 7 heteroatoms. The number of rotatable bonds is 2. The van der Waals surface area contributed by atoms with Crippen molar-refractivity contribution in [2.45, 2.75) is 18.7 Å². The summed E-state index contributed by atoms with van der Waals surface area (Å²) in [5.41, 5.74) is 1.59. The summed E-state index contributed by atoms with van der Waals surface area (Å²) in [6.07, 6.45) is 0. The van der Waals surface area contributed by atoms with Crippen LogP contribution in [-0.2, 0) is 10.0 Å². The first-order valence-corrected chi connectivity index (χ1v) is 7.72. The molecule has 0 aliphatic carbocycles. The summed E-state index contributed by atoms with van der Waals surface area (Å²) in [5, 5.41) is 6.69. The first-order chi connectivity index (χ1) is 9.51. The lowest BCUT2D eigenvalue weighted by Crippen LogP contribution is -2.38. The van der Waals surface area contributed by atoms with E-state index in [9.17, 15) is 8.42 Å². The molecule has 2 aromatic rings. The molecule has 1 aliphatic heterocycles. The SMILES string of the molecule is Cc1n[nH]c(C)c1S(=O)(=O)N1CCOc2ccccc21. The number of hydrogen-bond donors (Lipinski definition) is 1. The van der Waals surface area contributed by atoms with E-state index in [0.717, 1.165) is 0 Å². The standard InChI is InChI=1S/C13H15N3O3S/c1-9-13(10(2)15-14-9)20(17,18)16-7-8-19-12-6-4-3-5-11(12)16/h3-6H,7-8H2,1-2H3,(H,14,15). The minimum atomic E-state index is -3.63. The zero-order valence-corrected chi connectivity index (χ0v) is 12.1. The summed E-state index contributed by atoms with van der Waals surface area (Å²) in [5.74, 6) is 0.584. The van der Waals surface area contributed by atoms with E-state index in [0.29, 0.717) is 36.0 Å². The van der Waals surface area contributed by atoms with Crippen molar-refractivity contribution in [2.75, 3.05) is 17.5 Å². The van der Waals surface area contributed by atoms with Crippen LogP contribution in [0.25, 0.3) is 0 Å². The molecule has 0 saturated carbocycles. The van der Waals surface area contributed by atoms with Gasteiger partial charge >= 0.3 is 0 Å². The molecule has 0 fully saturated rings. The second kappa shape index (κ2) is 4.52. The van der Waals surface area contributed by atoms with Gasteiger partial charge in [-0.1, -0.05) is 12.1 Å². The molecule has 0 bridgehead atoms. The smallest absolute Gasteiger partial charge is 0.268 e. The van der Waals surface area contributed by atoms with Crippen molar-refractivity contribution < 1.29 is 13.2 Å². The number of benzene rings is 1. The maximum absolute atomic E-state index is 12.9. The average Bonchev–Trinajstić information content (AvgIpc) is 2.78. The van der Waals surface area contributed by atoms with Gasteiger partial charge in [0.05, 0.1) is 23.6 Å². The molecule has 0 spiro atoms. The Morgan fingerprint density at radius 3 is 2.75 bits per heavy atom. The Kier molecular flexibility index (Phi) is 2.93. The molecule has 2 heterocycles. The third-order valence-corrected chi connectivity index (χ3v) is 5.37. The second-order valence-corrected chi connectivity index (χ2v) is 6.46. The van der Waals surface area contributed by atoms with E-state index in [4.69, 9.17) is 4.74 Å². The van der Waals surface area contributed by atoms with Crippen molar-refractivity contribution in [1.82, 2.24) is 10.2 Å². The molecule has 0 radical (unpaired) electrons. The van der Waals surface area contributed by atoms with Gasteiger partial charge in [0.25, 0.3) is 10.0 Å². The fourth-order valence-corrected chi connectivity index (χ4v) is 4.22. The van der Waals surface area contributed by atoms with Crippen LogP contribution in [0.2, 0.25) is 0 Å². The number of aromatic nitrogens is 2. The maximum atomic E-state index is 12.9. The molecule has 0 saturated heterocycles. The monoisotopic (exact) mass is 293 g/mol. The molecule has 3 rings (SSSR count). The van der Waals surface area contributed by atoms with Crippen molar-refractivity contribution in [3.05, 3.63) is 35.7 Å². The molecule has 1 N–H and O–H groups in total. The Morgan fingerprint density at radius 2 is 2.05 bits per heavy atom. The van der Waals surface area contributed by atoms with Gasteiger partial charge in [0.2, 0.25) is 0 Å². The number of hydrogen-bond acceptors (Lipinski definition) is 4. The summed E-state index contributed by atoms with van der Waals surface area (Å²) in [6, 6.07) is 7.14. The van der Waals surface area contributed by atoms with Crippen molar-refractivity contribution in [3.8, 4) is 5.75 Å². The summed E-state index contributed by atoms with van der Waals surface area (Å²) in [4.78, 5) is 0.245. The van der Waals surface area contributed by atoms with E-state index in [1.54, 1.807) is 32.0 Å². The molecule has 1 aliphatic rings. The van der Waals surface area contributed by atoms with E-state index in [-0.39, 0.29) is 4.90 Å². The van der Waals surface area contributed by atoms with Crippen molar-refractivity contribution >= 4 is 15.7 Å². The number of nitrogens with one attached hydrogen (secondary N) is 1. The predicted octanol–water partition coefficient (Wildman–Crippen LogP) is 1.61. The van der Waals surface area contributed by atoms with Crippen LogP contribution < -0.4 is 9.04 Å². The summed E-state index contributed by atoms with van der Waals surface area (Å²) in [7, 11) is -3.63. The molecule has 1 aromatic heterocycles. The minimum Gasteiger partial charge on any atom is -0.489 e. The Morgan fingerprint density at radius 1 is 1.30 bits per heavy atom. The van der Waals surface area contributed by atoms with Gasteiger partial charge in [0, 0.05) is 0 Å². The fourth-order valence-electron chi connectivity index (χ4n) is 2.42. The normalized spacial score (nSPS) is 14.8. The first kappa shape index (κ1) is 13.0. The van der Waals surface area contributed by atoms with Crippen LogP contribution >= 0.6 is 0 Å². The number of ether oxygens (including phenoxy) is 1. The first-order valence-electron chi connectivity index (χ1n) is 6.28. The van der Waals surface area contributed by atoms with E-state index in [2.05, 4.69) is 10.2 Å². The van der Waals surface area contributed by atoms with Crippen LogP contribution in [0, 0.1) is 13.8 Å². The molecule has 1 aromatic carbocycles. The average molecular weight is 293 g/mol. The van der Waals surface area contributed by atoms with Crippen molar-refractivity contribution in [3.63, 3.8) is 0 Å². The minimum absolute atomic E-state index is 0.245. The van der Waals surface area contributed by atoms with Gasteiger partial charge in [-0.25, -0.2) is 8.42 Å². The lowest BCUT2D eigenvalue weighted by molar-refractivity contribution is 0.316. The summed E-state index contributed by atoms with van der Waals surface area (Å²) >= 11 is 0. The van der Waals surface area contributed by atoms with Crippen LogP contribution in [0.15, 0.2) is 29.2 Å². The van der Waals surface area contributed by atoms with E-state index in [1.807, 2.05) is 6.07 Å². The number of anilines is 1. The number of aromatic amines is 1. The van der Waals surface area contributed by atoms with Crippen LogP contribution in [0.4, 0.5) is 5.69 Å². The van der Waals surface area contributed by atoms with Crippen LogP contribution in [-0.4, -0.2) is 31.8 Å². The number of fused-ring (bicyclic) bond motifs is 1. The molecular weight excluding hydrogens is 278 g/mol. The van der Waals surface area contributed by atoms with Gasteiger partial charge in [-0.2, -0.15) is 5.10 Å². The van der Waals surface area contributed by atoms with Gasteiger partial charge < -0.3 is 4.74 Å². The largest absolute Gasteiger partial charge is 0.489 e. The van der Waals surface area contributed by atoms with E-state index < -0.39 is 10.0 Å². The van der Waals surface area contributed by atoms with Crippen LogP contribution in [0.1, 0.15) is 11.4 Å². The number of nitrogens with zero attached hydrogens (tertiary/aromatic N) is 2. The highest BCUT2D eigenvalue weighted by molar-refractivity contribution is 7.93. The molecule has 0 atom stereocenters. The Bertz CT molecular complexity index is 732. The van der Waals surface area contributed by atoms with Crippen molar-refractivity contribution in [2.24, 2.45) is 0 Å². The molecule has 0 amide bonds. The van der Waals surface area contributed by atoms with Crippen LogP contribution in [0.3, 0.4) is 0 Å². The van der Waals surface area contributed by atoms with E-state index >= 15 is 0 Å². The highest BCUT2D eigenvalue weighted by Gasteiger charge is 2.33. The quantitative estimate of drug-likeness (QED) is 0.913.